The Morgan fingerprint density at radius 2 is 1.77 bits per heavy atom. The van der Waals surface area contributed by atoms with E-state index < -0.39 is 28.0 Å². The van der Waals surface area contributed by atoms with Gasteiger partial charge in [-0.1, -0.05) is 35.5 Å². The van der Waals surface area contributed by atoms with Crippen LogP contribution >= 0.6 is 0 Å². The predicted molar refractivity (Wildman–Crippen MR) is 111 cm³/mol. The second kappa shape index (κ2) is 9.19. The molecule has 0 aliphatic carbocycles. The number of piperidine rings is 1. The number of amides is 1. The Kier molecular flexibility index (Phi) is 6.80. The predicted octanol–water partition coefficient (Wildman–Crippen LogP) is 2.06. The number of sulfonamides is 1. The van der Waals surface area contributed by atoms with Gasteiger partial charge in [0.05, 0.1) is 5.92 Å². The average molecular weight is 450 g/mol. The maximum atomic E-state index is 13.0. The molecule has 1 aliphatic rings. The van der Waals surface area contributed by atoms with E-state index in [0.717, 1.165) is 0 Å². The summed E-state index contributed by atoms with van der Waals surface area (Å²) in [6.45, 7) is 3.48. The van der Waals surface area contributed by atoms with Crippen molar-refractivity contribution in [3.8, 4) is 0 Å². The van der Waals surface area contributed by atoms with Crippen molar-refractivity contribution in [2.24, 2.45) is 5.92 Å². The molecule has 1 amide bonds. The van der Waals surface area contributed by atoms with Gasteiger partial charge in [0.1, 0.15) is 10.6 Å². The Morgan fingerprint density at radius 3 is 2.29 bits per heavy atom. The minimum Gasteiger partial charge on any atom is -0.447 e. The summed E-state index contributed by atoms with van der Waals surface area (Å²) in [5.41, 5.74) is 0.903. The number of esters is 1. The highest BCUT2D eigenvalue weighted by atomic mass is 32.2. The van der Waals surface area contributed by atoms with Crippen molar-refractivity contribution in [1.29, 1.82) is 0 Å². The van der Waals surface area contributed by atoms with Crippen molar-refractivity contribution in [1.82, 2.24) is 14.4 Å². The Labute approximate surface area is 182 Å². The van der Waals surface area contributed by atoms with Crippen molar-refractivity contribution in [2.45, 2.75) is 37.7 Å². The van der Waals surface area contributed by atoms with Gasteiger partial charge in [-0.05, 0) is 26.7 Å². The lowest BCUT2D eigenvalue weighted by Gasteiger charge is -2.31. The van der Waals surface area contributed by atoms with E-state index in [-0.39, 0.29) is 29.7 Å². The lowest BCUT2D eigenvalue weighted by Crippen LogP contribution is -2.41. The first-order chi connectivity index (χ1) is 14.6. The Bertz CT molecular complexity index is 1020. The van der Waals surface area contributed by atoms with Crippen LogP contribution in [-0.4, -0.2) is 61.8 Å². The van der Waals surface area contributed by atoms with E-state index in [1.54, 1.807) is 52.2 Å². The van der Waals surface area contributed by atoms with Crippen LogP contribution in [-0.2, 0) is 24.3 Å². The Hall–Kier alpha value is -2.72. The molecule has 31 heavy (non-hydrogen) atoms. The number of hydrogen-bond acceptors (Lipinski definition) is 7. The fourth-order valence-corrected chi connectivity index (χ4v) is 5.40. The van der Waals surface area contributed by atoms with Gasteiger partial charge in [-0.2, -0.15) is 4.31 Å². The van der Waals surface area contributed by atoms with Crippen LogP contribution in [0.5, 0.6) is 0 Å². The summed E-state index contributed by atoms with van der Waals surface area (Å²) in [7, 11) is -0.553. The maximum Gasteiger partial charge on any atom is 0.310 e. The molecule has 0 bridgehead atoms. The topological polar surface area (TPSA) is 110 Å². The van der Waals surface area contributed by atoms with Crippen molar-refractivity contribution >= 4 is 21.9 Å². The van der Waals surface area contributed by atoms with Gasteiger partial charge >= 0.3 is 5.97 Å². The summed E-state index contributed by atoms with van der Waals surface area (Å²) in [6, 6.07) is 8.84. The van der Waals surface area contributed by atoms with Gasteiger partial charge < -0.3 is 14.2 Å². The highest BCUT2D eigenvalue weighted by Crippen LogP contribution is 2.29. The summed E-state index contributed by atoms with van der Waals surface area (Å²) in [5.74, 6) is -1.08. The van der Waals surface area contributed by atoms with Crippen LogP contribution in [0.1, 0.15) is 36.0 Å². The second-order valence-corrected chi connectivity index (χ2v) is 9.67. The number of nitrogens with zero attached hydrogens (tertiary/aromatic N) is 3. The van der Waals surface area contributed by atoms with E-state index in [2.05, 4.69) is 5.16 Å². The smallest absolute Gasteiger partial charge is 0.310 e. The SMILES string of the molecule is Cc1noc(C)c1S(=O)(=O)N1CCC(C(=O)OC(C(=O)N(C)C)c2ccccc2)CC1. The molecule has 9 nitrogen and oxygen atoms in total. The first-order valence-electron chi connectivity index (χ1n) is 10.0. The third kappa shape index (κ3) is 4.80. The van der Waals surface area contributed by atoms with E-state index in [1.807, 2.05) is 6.07 Å². The molecule has 2 heterocycles. The zero-order valence-electron chi connectivity index (χ0n) is 18.1. The highest BCUT2D eigenvalue weighted by Gasteiger charge is 2.37. The normalized spacial score (nSPS) is 16.6. The third-order valence-corrected chi connectivity index (χ3v) is 7.50. The molecule has 0 spiro atoms. The van der Waals surface area contributed by atoms with Crippen molar-refractivity contribution in [2.75, 3.05) is 27.2 Å². The van der Waals surface area contributed by atoms with Crippen molar-refractivity contribution in [3.63, 3.8) is 0 Å². The fourth-order valence-electron chi connectivity index (χ4n) is 3.64. The first-order valence-corrected chi connectivity index (χ1v) is 11.5. The summed E-state index contributed by atoms with van der Waals surface area (Å²) in [6.07, 6.45) is -0.425. The number of ether oxygens (including phenoxy) is 1. The minimum absolute atomic E-state index is 0.0780. The van der Waals surface area contributed by atoms with Gasteiger partial charge in [0.25, 0.3) is 5.91 Å². The lowest BCUT2D eigenvalue weighted by atomic mass is 9.98. The molecule has 1 aromatic carbocycles. The Balaban J connectivity index is 1.69. The first kappa shape index (κ1) is 23.0. The van der Waals surface area contributed by atoms with Crippen LogP contribution in [0.15, 0.2) is 39.8 Å². The quantitative estimate of drug-likeness (QED) is 0.621. The molecular formula is C21H27N3O6S. The highest BCUT2D eigenvalue weighted by molar-refractivity contribution is 7.89. The average Bonchev–Trinajstić information content (AvgIpc) is 3.10. The molecule has 2 aromatic rings. The molecule has 168 valence electrons. The molecule has 1 atom stereocenters. The zero-order chi connectivity index (χ0) is 22.8. The molecule has 1 aliphatic heterocycles. The van der Waals surface area contributed by atoms with E-state index in [4.69, 9.17) is 9.26 Å². The van der Waals surface area contributed by atoms with Crippen LogP contribution in [0.4, 0.5) is 0 Å². The van der Waals surface area contributed by atoms with Gasteiger partial charge in [0.15, 0.2) is 5.76 Å². The number of hydrogen-bond donors (Lipinski definition) is 0. The van der Waals surface area contributed by atoms with Crippen LogP contribution in [0.2, 0.25) is 0 Å². The lowest BCUT2D eigenvalue weighted by molar-refractivity contribution is -0.164. The molecule has 1 unspecified atom stereocenters. The number of carbonyl (C=O) groups excluding carboxylic acids is 2. The molecule has 1 fully saturated rings. The van der Waals surface area contributed by atoms with Crippen LogP contribution in [0, 0.1) is 19.8 Å². The van der Waals surface area contributed by atoms with Crippen molar-refractivity contribution in [3.05, 3.63) is 47.3 Å². The molecule has 0 N–H and O–H groups in total. The molecule has 0 saturated carbocycles. The summed E-state index contributed by atoms with van der Waals surface area (Å²) >= 11 is 0. The Morgan fingerprint density at radius 1 is 1.16 bits per heavy atom. The van der Waals surface area contributed by atoms with Gasteiger partial charge in [-0.25, -0.2) is 8.42 Å². The molecule has 1 aromatic heterocycles. The molecule has 1 saturated heterocycles. The molecule has 10 heteroatoms. The number of carbonyl (C=O) groups is 2. The fraction of sp³-hybridized carbons (Fsp3) is 0.476. The van der Waals surface area contributed by atoms with Crippen LogP contribution in [0.3, 0.4) is 0 Å². The molecule has 0 radical (unpaired) electrons. The van der Waals surface area contributed by atoms with Crippen LogP contribution < -0.4 is 0 Å². The second-order valence-electron chi connectivity index (χ2n) is 7.79. The largest absolute Gasteiger partial charge is 0.447 e. The number of aromatic nitrogens is 1. The third-order valence-electron chi connectivity index (χ3n) is 5.35. The van der Waals surface area contributed by atoms with Crippen molar-refractivity contribution < 1.29 is 27.3 Å². The van der Waals surface area contributed by atoms with E-state index in [1.165, 1.54) is 9.21 Å². The summed E-state index contributed by atoms with van der Waals surface area (Å²) in [5, 5.41) is 3.72. The van der Waals surface area contributed by atoms with Gasteiger partial charge in [0.2, 0.25) is 16.1 Å². The van der Waals surface area contributed by atoms with Gasteiger partial charge in [-0.15, -0.1) is 0 Å². The number of aryl methyl sites for hydroxylation is 2. The van der Waals surface area contributed by atoms with Gasteiger partial charge in [0, 0.05) is 32.7 Å². The van der Waals surface area contributed by atoms with E-state index in [0.29, 0.717) is 24.1 Å². The maximum absolute atomic E-state index is 13.0. The molecular weight excluding hydrogens is 422 g/mol. The zero-order valence-corrected chi connectivity index (χ0v) is 18.9. The number of likely N-dealkylation sites (N-methyl/N-ethyl adjacent to an activating group) is 1. The standard InChI is InChI=1S/C21H27N3O6S/c1-14-19(15(2)30-22-14)31(27,28)24-12-10-17(11-13-24)21(26)29-18(20(25)23(3)4)16-8-6-5-7-9-16/h5-9,17-18H,10-13H2,1-4H3. The summed E-state index contributed by atoms with van der Waals surface area (Å²) in [4.78, 5) is 26.9. The minimum atomic E-state index is -3.76. The number of benzene rings is 1. The van der Waals surface area contributed by atoms with E-state index >= 15 is 0 Å². The van der Waals surface area contributed by atoms with Crippen LogP contribution in [0.25, 0.3) is 0 Å². The molecule has 3 rings (SSSR count). The monoisotopic (exact) mass is 449 g/mol. The number of rotatable bonds is 6. The summed E-state index contributed by atoms with van der Waals surface area (Å²) < 4.78 is 37.8. The van der Waals surface area contributed by atoms with Gasteiger partial charge in [-0.3, -0.25) is 9.59 Å². The van der Waals surface area contributed by atoms with E-state index in [9.17, 15) is 18.0 Å².